The Balaban J connectivity index is 2.23. The summed E-state index contributed by atoms with van der Waals surface area (Å²) in [5, 5.41) is 8.88. The van der Waals surface area contributed by atoms with E-state index < -0.39 is 0 Å². The summed E-state index contributed by atoms with van der Waals surface area (Å²) in [6, 6.07) is 8.95. The van der Waals surface area contributed by atoms with Gasteiger partial charge in [-0.3, -0.25) is 0 Å². The first kappa shape index (κ1) is 11.0. The third-order valence-electron chi connectivity index (χ3n) is 3.16. The van der Waals surface area contributed by atoms with Gasteiger partial charge in [-0.15, -0.1) is 0 Å². The van der Waals surface area contributed by atoms with E-state index in [4.69, 9.17) is 5.26 Å². The molecule has 1 unspecified atom stereocenters. The Morgan fingerprint density at radius 2 is 2.31 bits per heavy atom. The van der Waals surface area contributed by atoms with Gasteiger partial charge in [0.2, 0.25) is 0 Å². The molecular weight excluding hydrogens is 196 g/mol. The van der Waals surface area contributed by atoms with Crippen LogP contribution in [0.25, 0.3) is 0 Å². The lowest BCUT2D eigenvalue weighted by Crippen LogP contribution is -2.32. The lowest BCUT2D eigenvalue weighted by molar-refractivity contribution is 0.629. The van der Waals surface area contributed by atoms with Gasteiger partial charge in [-0.05, 0) is 38.3 Å². The number of nitrogens with zero attached hydrogens (tertiary/aromatic N) is 2. The Kier molecular flexibility index (Phi) is 3.14. The Bertz CT molecular complexity index is 417. The highest BCUT2D eigenvalue weighted by Gasteiger charge is 2.18. The fourth-order valence-electron chi connectivity index (χ4n) is 2.36. The molecule has 2 rings (SSSR count). The van der Waals surface area contributed by atoms with E-state index in [1.165, 1.54) is 29.7 Å². The lowest BCUT2D eigenvalue weighted by atomic mass is 9.98. The molecule has 0 fully saturated rings. The van der Waals surface area contributed by atoms with E-state index in [0.717, 1.165) is 13.1 Å². The van der Waals surface area contributed by atoms with Crippen molar-refractivity contribution in [3.8, 4) is 6.07 Å². The van der Waals surface area contributed by atoms with Crippen LogP contribution < -0.4 is 4.90 Å². The molecule has 2 nitrogen and oxygen atoms in total. The quantitative estimate of drug-likeness (QED) is 0.757. The van der Waals surface area contributed by atoms with Crippen LogP contribution in [0, 0.1) is 24.2 Å². The van der Waals surface area contributed by atoms with Gasteiger partial charge in [0, 0.05) is 18.8 Å². The molecule has 1 heterocycles. The molecule has 0 saturated heterocycles. The molecule has 0 aromatic heterocycles. The molecule has 1 aliphatic rings. The fraction of sp³-hybridized carbons (Fsp3) is 0.500. The van der Waals surface area contributed by atoms with Gasteiger partial charge in [-0.1, -0.05) is 17.7 Å². The minimum absolute atomic E-state index is 0.104. The zero-order valence-corrected chi connectivity index (χ0v) is 10.0. The first-order valence-electron chi connectivity index (χ1n) is 5.95. The number of nitriles is 1. The number of hydrogen-bond acceptors (Lipinski definition) is 2. The lowest BCUT2D eigenvalue weighted by Gasteiger charge is -2.32. The average Bonchev–Trinajstić information content (AvgIpc) is 2.28. The van der Waals surface area contributed by atoms with Crippen molar-refractivity contribution in [1.29, 1.82) is 5.26 Å². The van der Waals surface area contributed by atoms with Crippen molar-refractivity contribution >= 4 is 5.69 Å². The molecule has 1 aromatic carbocycles. The van der Waals surface area contributed by atoms with E-state index in [1.54, 1.807) is 0 Å². The van der Waals surface area contributed by atoms with Crippen LogP contribution in [0.15, 0.2) is 18.2 Å². The largest absolute Gasteiger partial charge is 0.370 e. The molecule has 0 spiro atoms. The van der Waals surface area contributed by atoms with E-state index in [1.807, 2.05) is 6.92 Å². The molecule has 1 aliphatic heterocycles. The van der Waals surface area contributed by atoms with Crippen molar-refractivity contribution in [1.82, 2.24) is 0 Å². The summed E-state index contributed by atoms with van der Waals surface area (Å²) in [6.07, 6.45) is 2.38. The van der Waals surface area contributed by atoms with Crippen LogP contribution in [0.4, 0.5) is 5.69 Å². The van der Waals surface area contributed by atoms with Gasteiger partial charge < -0.3 is 4.90 Å². The Morgan fingerprint density at radius 1 is 1.50 bits per heavy atom. The van der Waals surface area contributed by atoms with Crippen molar-refractivity contribution in [3.63, 3.8) is 0 Å². The van der Waals surface area contributed by atoms with Crippen molar-refractivity contribution in [3.05, 3.63) is 29.3 Å². The molecule has 0 amide bonds. The van der Waals surface area contributed by atoms with Crippen molar-refractivity contribution in [2.75, 3.05) is 18.0 Å². The summed E-state index contributed by atoms with van der Waals surface area (Å²) in [5.74, 6) is 0.104. The summed E-state index contributed by atoms with van der Waals surface area (Å²) in [4.78, 5) is 2.35. The number of benzene rings is 1. The van der Waals surface area contributed by atoms with Crippen LogP contribution in [0.3, 0.4) is 0 Å². The van der Waals surface area contributed by atoms with Crippen LogP contribution in [-0.2, 0) is 6.42 Å². The highest BCUT2D eigenvalue weighted by atomic mass is 15.1. The molecule has 0 aliphatic carbocycles. The van der Waals surface area contributed by atoms with Crippen molar-refractivity contribution in [2.45, 2.75) is 26.7 Å². The average molecular weight is 214 g/mol. The van der Waals surface area contributed by atoms with Gasteiger partial charge in [-0.25, -0.2) is 0 Å². The molecule has 1 aromatic rings. The fourth-order valence-corrected chi connectivity index (χ4v) is 2.36. The Labute approximate surface area is 97.5 Å². The smallest absolute Gasteiger partial charge is 0.0671 e. The molecule has 1 atom stereocenters. The molecule has 0 radical (unpaired) electrons. The van der Waals surface area contributed by atoms with Gasteiger partial charge in [0.25, 0.3) is 0 Å². The van der Waals surface area contributed by atoms with Gasteiger partial charge >= 0.3 is 0 Å². The number of aryl methyl sites for hydroxylation is 2. The van der Waals surface area contributed by atoms with Crippen LogP contribution >= 0.6 is 0 Å². The molecule has 84 valence electrons. The number of hydrogen-bond donors (Lipinski definition) is 0. The van der Waals surface area contributed by atoms with Gasteiger partial charge in [-0.2, -0.15) is 5.26 Å². The Hall–Kier alpha value is -1.49. The second-order valence-electron chi connectivity index (χ2n) is 4.71. The molecule has 0 bridgehead atoms. The second kappa shape index (κ2) is 4.57. The number of anilines is 1. The molecule has 2 heteroatoms. The van der Waals surface area contributed by atoms with Gasteiger partial charge in [0.15, 0.2) is 0 Å². The predicted molar refractivity (Wildman–Crippen MR) is 66.5 cm³/mol. The van der Waals surface area contributed by atoms with Crippen molar-refractivity contribution in [2.24, 2.45) is 5.92 Å². The third-order valence-corrected chi connectivity index (χ3v) is 3.16. The predicted octanol–water partition coefficient (Wildman–Crippen LogP) is 2.91. The topological polar surface area (TPSA) is 27.0 Å². The normalized spacial score (nSPS) is 16.4. The van der Waals surface area contributed by atoms with E-state index in [2.05, 4.69) is 36.1 Å². The molecular formula is C14H18N2. The minimum Gasteiger partial charge on any atom is -0.370 e. The van der Waals surface area contributed by atoms with Crippen molar-refractivity contribution < 1.29 is 0 Å². The van der Waals surface area contributed by atoms with E-state index >= 15 is 0 Å². The highest BCUT2D eigenvalue weighted by molar-refractivity contribution is 5.56. The summed E-state index contributed by atoms with van der Waals surface area (Å²) < 4.78 is 0. The first-order valence-corrected chi connectivity index (χ1v) is 5.95. The maximum absolute atomic E-state index is 8.88. The summed E-state index contributed by atoms with van der Waals surface area (Å²) in [5.41, 5.74) is 4.10. The van der Waals surface area contributed by atoms with Crippen LogP contribution in [-0.4, -0.2) is 13.1 Å². The van der Waals surface area contributed by atoms with Crippen LogP contribution in [0.1, 0.15) is 24.5 Å². The van der Waals surface area contributed by atoms with Gasteiger partial charge in [0.05, 0.1) is 12.0 Å². The third kappa shape index (κ3) is 2.19. The zero-order valence-electron chi connectivity index (χ0n) is 10.0. The second-order valence-corrected chi connectivity index (χ2v) is 4.71. The summed E-state index contributed by atoms with van der Waals surface area (Å²) in [6.45, 7) is 6.06. The first-order chi connectivity index (χ1) is 7.70. The number of rotatable bonds is 2. The monoisotopic (exact) mass is 214 g/mol. The van der Waals surface area contributed by atoms with Crippen LogP contribution in [0.2, 0.25) is 0 Å². The summed E-state index contributed by atoms with van der Waals surface area (Å²) in [7, 11) is 0. The SMILES string of the molecule is Cc1ccc2c(c1)CCCN2CC(C)C#N. The standard InChI is InChI=1S/C14H18N2/c1-11-5-6-14-13(8-11)4-3-7-16(14)10-12(2)9-15/h5-6,8,12H,3-4,7,10H2,1-2H3. The van der Waals surface area contributed by atoms with E-state index in [-0.39, 0.29) is 5.92 Å². The number of fused-ring (bicyclic) bond motifs is 1. The maximum atomic E-state index is 8.88. The summed E-state index contributed by atoms with van der Waals surface area (Å²) >= 11 is 0. The molecule has 0 saturated carbocycles. The van der Waals surface area contributed by atoms with Gasteiger partial charge in [0.1, 0.15) is 0 Å². The van der Waals surface area contributed by atoms with Crippen LogP contribution in [0.5, 0.6) is 0 Å². The highest BCUT2D eigenvalue weighted by Crippen LogP contribution is 2.28. The zero-order chi connectivity index (χ0) is 11.5. The minimum atomic E-state index is 0.104. The maximum Gasteiger partial charge on any atom is 0.0671 e. The molecule has 0 N–H and O–H groups in total. The molecule has 16 heavy (non-hydrogen) atoms. The Morgan fingerprint density at radius 3 is 3.06 bits per heavy atom. The van der Waals surface area contributed by atoms with E-state index in [9.17, 15) is 0 Å². The van der Waals surface area contributed by atoms with E-state index in [0.29, 0.717) is 0 Å².